The van der Waals surface area contributed by atoms with E-state index in [9.17, 15) is 19.5 Å². The van der Waals surface area contributed by atoms with Gasteiger partial charge in [0.15, 0.2) is 0 Å². The number of amides is 3. The molecule has 31 heavy (non-hydrogen) atoms. The quantitative estimate of drug-likeness (QED) is 0.455. The number of ether oxygens (including phenoxy) is 1. The van der Waals surface area contributed by atoms with Crippen molar-refractivity contribution in [3.63, 3.8) is 0 Å². The van der Waals surface area contributed by atoms with Crippen LogP contribution in [-0.2, 0) is 19.1 Å². The molecule has 3 amide bonds. The summed E-state index contributed by atoms with van der Waals surface area (Å²) < 4.78 is 4.38. The number of aliphatic hydroxyl groups is 1. The van der Waals surface area contributed by atoms with Crippen LogP contribution in [-0.4, -0.2) is 107 Å². The van der Waals surface area contributed by atoms with E-state index in [1.54, 1.807) is 30.6 Å². The number of hydrogen-bond acceptors (Lipinski definition) is 7. The molecular weight excluding hydrogens is 420 g/mol. The van der Waals surface area contributed by atoms with Crippen molar-refractivity contribution >= 4 is 29.5 Å². The molecule has 9 nitrogen and oxygen atoms in total. The Labute approximate surface area is 187 Å². The van der Waals surface area contributed by atoms with Gasteiger partial charge in [-0.1, -0.05) is 0 Å². The zero-order valence-corrected chi connectivity index (χ0v) is 19.4. The van der Waals surface area contributed by atoms with Gasteiger partial charge in [-0.3, -0.25) is 19.3 Å². The number of nitrogens with zero attached hydrogens (tertiary/aromatic N) is 2. The monoisotopic (exact) mass is 454 g/mol. The molecule has 0 aromatic rings. The van der Waals surface area contributed by atoms with Crippen LogP contribution >= 0.6 is 11.8 Å². The van der Waals surface area contributed by atoms with Crippen LogP contribution in [0, 0.1) is 11.8 Å². The van der Waals surface area contributed by atoms with Crippen LogP contribution in [0.4, 0.5) is 0 Å². The van der Waals surface area contributed by atoms with Crippen LogP contribution in [0.15, 0.2) is 0 Å². The van der Waals surface area contributed by atoms with Gasteiger partial charge in [-0.25, -0.2) is 0 Å². The SMILES string of the molecule is CNC(=O)[C@@H]1[C@H]2C(=O)N([C@H](C)CO)C(C(=O)NCCN3CCOCC3)C23CC[C@@]1(C)S3. The van der Waals surface area contributed by atoms with Gasteiger partial charge in [0.2, 0.25) is 17.7 Å². The average Bonchev–Trinajstić information content (AvgIpc) is 3.34. The van der Waals surface area contributed by atoms with Crippen molar-refractivity contribution in [2.75, 3.05) is 53.0 Å². The fourth-order valence-electron chi connectivity index (χ4n) is 6.04. The third-order valence-electron chi connectivity index (χ3n) is 7.56. The summed E-state index contributed by atoms with van der Waals surface area (Å²) in [5.74, 6) is -1.51. The number of nitrogens with one attached hydrogen (secondary N) is 2. The summed E-state index contributed by atoms with van der Waals surface area (Å²) in [6.07, 6.45) is 1.51. The molecular formula is C21H34N4O5S. The molecule has 174 valence electrons. The van der Waals surface area contributed by atoms with Crippen LogP contribution in [0.5, 0.6) is 0 Å². The summed E-state index contributed by atoms with van der Waals surface area (Å²) in [6, 6.07) is -1.17. The smallest absolute Gasteiger partial charge is 0.244 e. The Morgan fingerprint density at radius 3 is 2.65 bits per heavy atom. The van der Waals surface area contributed by atoms with E-state index in [2.05, 4.69) is 15.5 Å². The maximum atomic E-state index is 13.6. The molecule has 0 saturated carbocycles. The maximum absolute atomic E-state index is 13.6. The minimum atomic E-state index is -0.682. The van der Waals surface area contributed by atoms with E-state index >= 15 is 0 Å². The summed E-state index contributed by atoms with van der Waals surface area (Å²) in [5.41, 5.74) is 0. The van der Waals surface area contributed by atoms with Crippen LogP contribution in [0.25, 0.3) is 0 Å². The van der Waals surface area contributed by atoms with E-state index in [1.165, 1.54) is 0 Å². The fourth-order valence-corrected chi connectivity index (χ4v) is 8.38. The first-order chi connectivity index (χ1) is 14.8. The lowest BCUT2D eigenvalue weighted by Gasteiger charge is -2.36. The van der Waals surface area contributed by atoms with Gasteiger partial charge in [0.1, 0.15) is 6.04 Å². The van der Waals surface area contributed by atoms with E-state index in [4.69, 9.17) is 4.74 Å². The number of thioether (sulfide) groups is 1. The molecule has 4 saturated heterocycles. The van der Waals surface area contributed by atoms with Gasteiger partial charge in [-0.2, -0.15) is 0 Å². The predicted octanol–water partition coefficient (Wildman–Crippen LogP) is -0.957. The Kier molecular flexibility index (Phi) is 6.28. The number of rotatable bonds is 7. The van der Waals surface area contributed by atoms with Crippen LogP contribution < -0.4 is 10.6 Å². The summed E-state index contributed by atoms with van der Waals surface area (Å²) >= 11 is 1.64. The number of aliphatic hydroxyl groups excluding tert-OH is 1. The molecule has 0 aromatic heterocycles. The Morgan fingerprint density at radius 2 is 2.00 bits per heavy atom. The molecule has 2 bridgehead atoms. The van der Waals surface area contributed by atoms with Gasteiger partial charge >= 0.3 is 0 Å². The molecule has 4 rings (SSSR count). The van der Waals surface area contributed by atoms with E-state index in [1.807, 2.05) is 6.92 Å². The van der Waals surface area contributed by atoms with Crippen LogP contribution in [0.2, 0.25) is 0 Å². The molecule has 4 heterocycles. The number of likely N-dealkylation sites (tertiary alicyclic amines) is 1. The number of carbonyl (C=O) groups excluding carboxylic acids is 3. The largest absolute Gasteiger partial charge is 0.394 e. The molecule has 6 atom stereocenters. The lowest BCUT2D eigenvalue weighted by atomic mass is 9.66. The highest BCUT2D eigenvalue weighted by Gasteiger charge is 2.77. The van der Waals surface area contributed by atoms with Crippen LogP contribution in [0.1, 0.15) is 26.7 Å². The number of morpholine rings is 1. The van der Waals surface area contributed by atoms with Crippen molar-refractivity contribution in [2.24, 2.45) is 11.8 Å². The summed E-state index contributed by atoms with van der Waals surface area (Å²) in [4.78, 5) is 43.7. The van der Waals surface area contributed by atoms with Crippen molar-refractivity contribution in [1.29, 1.82) is 0 Å². The number of carbonyl (C=O) groups is 3. The number of fused-ring (bicyclic) bond motifs is 1. The summed E-state index contributed by atoms with van der Waals surface area (Å²) in [6.45, 7) is 7.90. The van der Waals surface area contributed by atoms with E-state index in [-0.39, 0.29) is 29.1 Å². The zero-order chi connectivity index (χ0) is 22.4. The highest BCUT2D eigenvalue weighted by molar-refractivity contribution is 8.02. The summed E-state index contributed by atoms with van der Waals surface area (Å²) in [7, 11) is 1.60. The molecule has 4 aliphatic heterocycles. The normalized spacial score (nSPS) is 38.3. The Balaban J connectivity index is 1.58. The lowest BCUT2D eigenvalue weighted by molar-refractivity contribution is -0.142. The second-order valence-corrected chi connectivity index (χ2v) is 11.3. The first-order valence-corrected chi connectivity index (χ1v) is 12.0. The Bertz CT molecular complexity index is 747. The molecule has 2 unspecified atom stereocenters. The minimum absolute atomic E-state index is 0.139. The predicted molar refractivity (Wildman–Crippen MR) is 116 cm³/mol. The molecule has 0 radical (unpaired) electrons. The first-order valence-electron chi connectivity index (χ1n) is 11.2. The average molecular weight is 455 g/mol. The van der Waals surface area contributed by atoms with Gasteiger partial charge < -0.3 is 25.4 Å². The third-order valence-corrected chi connectivity index (χ3v) is 9.55. The van der Waals surface area contributed by atoms with E-state index in [0.29, 0.717) is 26.2 Å². The van der Waals surface area contributed by atoms with Gasteiger partial charge in [0.05, 0.1) is 42.4 Å². The Morgan fingerprint density at radius 1 is 1.29 bits per heavy atom. The van der Waals surface area contributed by atoms with Gasteiger partial charge in [-0.05, 0) is 26.7 Å². The highest BCUT2D eigenvalue weighted by Crippen LogP contribution is 2.71. The second-order valence-electron chi connectivity index (χ2n) is 9.36. The van der Waals surface area contributed by atoms with Gasteiger partial charge in [0.25, 0.3) is 0 Å². The maximum Gasteiger partial charge on any atom is 0.244 e. The molecule has 4 aliphatic rings. The second kappa shape index (κ2) is 8.53. The summed E-state index contributed by atoms with van der Waals surface area (Å²) in [5, 5.41) is 15.6. The van der Waals surface area contributed by atoms with Crippen molar-refractivity contribution in [3.8, 4) is 0 Å². The van der Waals surface area contributed by atoms with Crippen molar-refractivity contribution < 1.29 is 24.2 Å². The van der Waals surface area contributed by atoms with Crippen molar-refractivity contribution in [1.82, 2.24) is 20.4 Å². The highest BCUT2D eigenvalue weighted by atomic mass is 32.2. The standard InChI is InChI=1S/C21H34N4O5S/c1-13(12-26)25-16(18(28)23-6-7-24-8-10-30-11-9-24)21-5-4-20(2,31-21)14(17(27)22-3)15(21)19(25)29/h13-16,26H,4-12H2,1-3H3,(H,22,27)(H,23,28)/t13-,14+,15+,16?,20-,21?/m1/s1. The van der Waals surface area contributed by atoms with Crippen molar-refractivity contribution in [3.05, 3.63) is 0 Å². The number of hydrogen-bond donors (Lipinski definition) is 3. The topological polar surface area (TPSA) is 111 Å². The van der Waals surface area contributed by atoms with Gasteiger partial charge in [-0.15, -0.1) is 11.8 Å². The van der Waals surface area contributed by atoms with Crippen LogP contribution in [0.3, 0.4) is 0 Å². The van der Waals surface area contributed by atoms with Gasteiger partial charge in [0, 0.05) is 38.0 Å². The third kappa shape index (κ3) is 3.55. The molecule has 0 aliphatic carbocycles. The molecule has 10 heteroatoms. The van der Waals surface area contributed by atoms with E-state index in [0.717, 1.165) is 26.1 Å². The van der Waals surface area contributed by atoms with E-state index < -0.39 is 28.7 Å². The van der Waals surface area contributed by atoms with Crippen molar-refractivity contribution in [2.45, 2.75) is 48.3 Å². The molecule has 4 fully saturated rings. The Hall–Kier alpha value is -1.36. The first kappa shape index (κ1) is 22.8. The molecule has 0 aromatic carbocycles. The zero-order valence-electron chi connectivity index (χ0n) is 18.6. The molecule has 1 spiro atoms. The lowest BCUT2D eigenvalue weighted by Crippen LogP contribution is -2.56. The fraction of sp³-hybridized carbons (Fsp3) is 0.857. The minimum Gasteiger partial charge on any atom is -0.394 e. The molecule has 3 N–H and O–H groups in total.